The Bertz CT molecular complexity index is 1060. The van der Waals surface area contributed by atoms with E-state index in [1.54, 1.807) is 35.0 Å². The fourth-order valence-corrected chi connectivity index (χ4v) is 2.95. The Morgan fingerprint density at radius 2 is 1.48 bits per heavy atom. The lowest BCUT2D eigenvalue weighted by atomic mass is 10.2. The molecule has 0 spiro atoms. The predicted octanol–water partition coefficient (Wildman–Crippen LogP) is 5.52. The van der Waals surface area contributed by atoms with Crippen molar-refractivity contribution in [1.29, 1.82) is 0 Å². The largest absolute Gasteiger partial charge is 0.404 e. The lowest BCUT2D eigenvalue weighted by molar-refractivity contribution is 0.0723. The van der Waals surface area contributed by atoms with Crippen LogP contribution in [0, 0.1) is 0 Å². The van der Waals surface area contributed by atoms with Crippen LogP contribution in [0.2, 0.25) is 0 Å². The molecule has 0 unspecified atom stereocenters. The average Bonchev–Trinajstić information content (AvgIpc) is 3.13. The fourth-order valence-electron chi connectivity index (χ4n) is 2.68. The van der Waals surface area contributed by atoms with Crippen molar-refractivity contribution in [2.24, 2.45) is 0 Å². The van der Waals surface area contributed by atoms with E-state index in [9.17, 15) is 4.79 Å². The number of para-hydroxylation sites is 1. The number of esters is 1. The summed E-state index contributed by atoms with van der Waals surface area (Å²) in [6.07, 6.45) is 0. The zero-order valence-electron chi connectivity index (χ0n) is 14.2. The Balaban J connectivity index is 1.73. The molecule has 3 aromatic carbocycles. The molecule has 0 aliphatic heterocycles. The van der Waals surface area contributed by atoms with Gasteiger partial charge in [-0.15, -0.1) is 0 Å². The van der Waals surface area contributed by atoms with E-state index in [2.05, 4.69) is 21.0 Å². The van der Waals surface area contributed by atoms with Crippen LogP contribution >= 0.6 is 15.9 Å². The van der Waals surface area contributed by atoms with Crippen LogP contribution in [-0.4, -0.2) is 15.7 Å². The average molecular weight is 419 g/mol. The number of carbonyl (C=O) groups is 1. The molecule has 1 heterocycles. The highest BCUT2D eigenvalue weighted by atomic mass is 79.9. The lowest BCUT2D eigenvalue weighted by Gasteiger charge is -2.07. The summed E-state index contributed by atoms with van der Waals surface area (Å²) in [5.41, 5.74) is 2.98. The molecule has 0 bridgehead atoms. The second-order valence-electron chi connectivity index (χ2n) is 5.88. The minimum absolute atomic E-state index is 0.368. The fraction of sp³-hybridized carbons (Fsp3) is 0. The molecule has 0 aliphatic rings. The molecule has 0 saturated heterocycles. The van der Waals surface area contributed by atoms with Crippen LogP contribution in [-0.2, 0) is 0 Å². The van der Waals surface area contributed by atoms with Crippen molar-refractivity contribution in [2.45, 2.75) is 0 Å². The number of halogens is 1. The van der Waals surface area contributed by atoms with E-state index in [0.29, 0.717) is 11.4 Å². The molecular weight excluding hydrogens is 404 g/mol. The third kappa shape index (κ3) is 3.83. The van der Waals surface area contributed by atoms with Crippen molar-refractivity contribution < 1.29 is 9.53 Å². The molecule has 5 heteroatoms. The summed E-state index contributed by atoms with van der Waals surface area (Å²) in [6.45, 7) is 0. The first-order valence-electron chi connectivity index (χ1n) is 8.39. The van der Waals surface area contributed by atoms with Crippen molar-refractivity contribution in [3.63, 3.8) is 0 Å². The third-order valence-corrected chi connectivity index (χ3v) is 4.55. The lowest BCUT2D eigenvalue weighted by Crippen LogP contribution is -2.11. The molecule has 0 N–H and O–H groups in total. The third-order valence-electron chi connectivity index (χ3n) is 4.02. The summed E-state index contributed by atoms with van der Waals surface area (Å²) in [6, 6.07) is 28.2. The van der Waals surface area contributed by atoms with Gasteiger partial charge in [-0.1, -0.05) is 64.5 Å². The summed E-state index contributed by atoms with van der Waals surface area (Å²) >= 11 is 3.37. The van der Waals surface area contributed by atoms with Crippen LogP contribution < -0.4 is 4.74 Å². The van der Waals surface area contributed by atoms with Gasteiger partial charge in [-0.2, -0.15) is 5.10 Å². The van der Waals surface area contributed by atoms with Gasteiger partial charge in [0.2, 0.25) is 5.88 Å². The predicted molar refractivity (Wildman–Crippen MR) is 108 cm³/mol. The van der Waals surface area contributed by atoms with Crippen molar-refractivity contribution >= 4 is 21.9 Å². The van der Waals surface area contributed by atoms with Gasteiger partial charge in [0.25, 0.3) is 0 Å². The van der Waals surface area contributed by atoms with Gasteiger partial charge in [0.15, 0.2) is 0 Å². The molecule has 0 fully saturated rings. The molecule has 1 aromatic heterocycles. The van der Waals surface area contributed by atoms with Gasteiger partial charge in [0.05, 0.1) is 16.9 Å². The number of ether oxygens (including phenoxy) is 1. The molecule has 0 atom stereocenters. The Morgan fingerprint density at radius 3 is 2.15 bits per heavy atom. The van der Waals surface area contributed by atoms with Crippen LogP contribution in [0.4, 0.5) is 0 Å². The van der Waals surface area contributed by atoms with Crippen LogP contribution in [0.15, 0.2) is 95.5 Å². The summed E-state index contributed by atoms with van der Waals surface area (Å²) in [4.78, 5) is 12.6. The molecule has 4 rings (SSSR count). The topological polar surface area (TPSA) is 44.1 Å². The van der Waals surface area contributed by atoms with Gasteiger partial charge in [0.1, 0.15) is 0 Å². The van der Waals surface area contributed by atoms with Gasteiger partial charge in [0, 0.05) is 16.1 Å². The normalized spacial score (nSPS) is 10.6. The van der Waals surface area contributed by atoms with E-state index in [1.807, 2.05) is 60.7 Å². The number of rotatable bonds is 4. The molecule has 0 amide bonds. The summed E-state index contributed by atoms with van der Waals surface area (Å²) < 4.78 is 8.21. The molecule has 0 aliphatic carbocycles. The highest BCUT2D eigenvalue weighted by molar-refractivity contribution is 9.10. The van der Waals surface area contributed by atoms with Crippen LogP contribution in [0.25, 0.3) is 16.9 Å². The van der Waals surface area contributed by atoms with E-state index in [0.717, 1.165) is 21.4 Å². The Hall–Kier alpha value is -3.18. The summed E-state index contributed by atoms with van der Waals surface area (Å²) in [5.74, 6) is -0.0628. The molecular formula is C22H15BrN2O2. The number of carbonyl (C=O) groups excluding carboxylic acids is 1. The first-order chi connectivity index (χ1) is 13.2. The maximum absolute atomic E-state index is 12.6. The van der Waals surface area contributed by atoms with Crippen molar-refractivity contribution in [3.8, 4) is 22.8 Å². The quantitative estimate of drug-likeness (QED) is 0.409. The molecule has 0 saturated carbocycles. The Labute approximate surface area is 165 Å². The molecule has 4 nitrogen and oxygen atoms in total. The Kier molecular flexibility index (Phi) is 4.85. The number of aromatic nitrogens is 2. The highest BCUT2D eigenvalue weighted by Crippen LogP contribution is 2.27. The second-order valence-corrected chi connectivity index (χ2v) is 6.79. The van der Waals surface area contributed by atoms with Gasteiger partial charge in [-0.3, -0.25) is 0 Å². The standard InChI is InChI=1S/C22H15BrN2O2/c23-18-13-11-17(12-14-18)22(26)27-21-15-20(16-7-3-1-4-8-16)24-25(21)19-9-5-2-6-10-19/h1-15H. The summed E-state index contributed by atoms with van der Waals surface area (Å²) in [5, 5.41) is 4.64. The number of hydrogen-bond acceptors (Lipinski definition) is 3. The van der Waals surface area contributed by atoms with E-state index in [-0.39, 0.29) is 0 Å². The van der Waals surface area contributed by atoms with Crippen molar-refractivity contribution in [3.05, 3.63) is 101 Å². The maximum Gasteiger partial charge on any atom is 0.344 e. The number of benzene rings is 3. The van der Waals surface area contributed by atoms with Crippen LogP contribution in [0.5, 0.6) is 5.88 Å². The van der Waals surface area contributed by atoms with Gasteiger partial charge in [-0.05, 0) is 36.4 Å². The maximum atomic E-state index is 12.6. The SMILES string of the molecule is O=C(Oc1cc(-c2ccccc2)nn1-c1ccccc1)c1ccc(Br)cc1. The van der Waals surface area contributed by atoms with Crippen LogP contribution in [0.3, 0.4) is 0 Å². The van der Waals surface area contributed by atoms with Crippen molar-refractivity contribution in [2.75, 3.05) is 0 Å². The monoisotopic (exact) mass is 418 g/mol. The van der Waals surface area contributed by atoms with Crippen molar-refractivity contribution in [1.82, 2.24) is 9.78 Å². The highest BCUT2D eigenvalue weighted by Gasteiger charge is 2.16. The number of hydrogen-bond donors (Lipinski definition) is 0. The molecule has 0 radical (unpaired) electrons. The zero-order chi connectivity index (χ0) is 18.6. The van der Waals surface area contributed by atoms with E-state index >= 15 is 0 Å². The Morgan fingerprint density at radius 1 is 0.852 bits per heavy atom. The van der Waals surface area contributed by atoms with Gasteiger partial charge < -0.3 is 4.74 Å². The van der Waals surface area contributed by atoms with E-state index in [4.69, 9.17) is 4.74 Å². The zero-order valence-corrected chi connectivity index (χ0v) is 15.8. The first kappa shape index (κ1) is 17.2. The van der Waals surface area contributed by atoms with E-state index < -0.39 is 5.97 Å². The minimum atomic E-state index is -0.431. The molecule has 27 heavy (non-hydrogen) atoms. The minimum Gasteiger partial charge on any atom is -0.404 e. The van der Waals surface area contributed by atoms with Crippen LogP contribution in [0.1, 0.15) is 10.4 Å². The molecule has 132 valence electrons. The smallest absolute Gasteiger partial charge is 0.344 e. The summed E-state index contributed by atoms with van der Waals surface area (Å²) in [7, 11) is 0. The van der Waals surface area contributed by atoms with Gasteiger partial charge >= 0.3 is 5.97 Å². The number of nitrogens with zero attached hydrogens (tertiary/aromatic N) is 2. The molecule has 4 aromatic rings. The van der Waals surface area contributed by atoms with Gasteiger partial charge in [-0.25, -0.2) is 9.48 Å². The second kappa shape index (κ2) is 7.60. The van der Waals surface area contributed by atoms with E-state index in [1.165, 1.54) is 0 Å². The first-order valence-corrected chi connectivity index (χ1v) is 9.19.